The summed E-state index contributed by atoms with van der Waals surface area (Å²) >= 11 is 0. The number of aryl methyl sites for hydroxylation is 1. The molecule has 82 valence electrons. The van der Waals surface area contributed by atoms with Crippen molar-refractivity contribution in [3.8, 4) is 0 Å². The lowest BCUT2D eigenvalue weighted by Crippen LogP contribution is -2.28. The standard InChI is InChI=1S/C10H15N3O2/c1-8(14)5-11-10(15)4-3-9-6-12-13(2)7-9/h3-4,6-8,14H,5H2,1-2H3,(H,11,15)/b4-3+/t8-/m1/s1. The topological polar surface area (TPSA) is 67.2 Å². The summed E-state index contributed by atoms with van der Waals surface area (Å²) in [6.45, 7) is 1.88. The average molecular weight is 209 g/mol. The highest BCUT2D eigenvalue weighted by atomic mass is 16.3. The predicted molar refractivity (Wildman–Crippen MR) is 56.9 cm³/mol. The van der Waals surface area contributed by atoms with Gasteiger partial charge in [-0.25, -0.2) is 0 Å². The molecule has 0 bridgehead atoms. The molecule has 0 aliphatic rings. The van der Waals surface area contributed by atoms with Crippen LogP contribution in [0.4, 0.5) is 0 Å². The Morgan fingerprint density at radius 3 is 3.07 bits per heavy atom. The van der Waals surface area contributed by atoms with Crippen LogP contribution in [0.5, 0.6) is 0 Å². The van der Waals surface area contributed by atoms with Crippen molar-refractivity contribution in [3.05, 3.63) is 24.0 Å². The SMILES string of the molecule is C[C@@H](O)CNC(=O)/C=C/c1cnn(C)c1. The van der Waals surface area contributed by atoms with Gasteiger partial charge in [0.2, 0.25) is 5.91 Å². The number of aliphatic hydroxyl groups excluding tert-OH is 1. The van der Waals surface area contributed by atoms with Crippen molar-refractivity contribution in [1.82, 2.24) is 15.1 Å². The van der Waals surface area contributed by atoms with Crippen molar-refractivity contribution in [3.63, 3.8) is 0 Å². The molecule has 0 fully saturated rings. The third-order valence-electron chi connectivity index (χ3n) is 1.72. The first-order chi connectivity index (χ1) is 7.08. The number of carbonyl (C=O) groups excluding carboxylic acids is 1. The van der Waals surface area contributed by atoms with Crippen LogP contribution in [0.25, 0.3) is 6.08 Å². The molecule has 0 radical (unpaired) electrons. The van der Waals surface area contributed by atoms with E-state index < -0.39 is 6.10 Å². The number of carbonyl (C=O) groups is 1. The van der Waals surface area contributed by atoms with E-state index in [-0.39, 0.29) is 12.5 Å². The van der Waals surface area contributed by atoms with E-state index in [1.165, 1.54) is 6.08 Å². The summed E-state index contributed by atoms with van der Waals surface area (Å²) in [6, 6.07) is 0. The zero-order valence-corrected chi connectivity index (χ0v) is 8.84. The summed E-state index contributed by atoms with van der Waals surface area (Å²) in [5.41, 5.74) is 0.865. The van der Waals surface area contributed by atoms with Crippen molar-refractivity contribution in [1.29, 1.82) is 0 Å². The number of nitrogens with zero attached hydrogens (tertiary/aromatic N) is 2. The molecule has 0 aromatic carbocycles. The monoisotopic (exact) mass is 209 g/mol. The number of aromatic nitrogens is 2. The third kappa shape index (κ3) is 4.42. The summed E-state index contributed by atoms with van der Waals surface area (Å²) in [6.07, 6.45) is 6.03. The van der Waals surface area contributed by atoms with Crippen molar-refractivity contribution < 1.29 is 9.90 Å². The van der Waals surface area contributed by atoms with Crippen LogP contribution in [0.1, 0.15) is 12.5 Å². The zero-order chi connectivity index (χ0) is 11.3. The molecule has 1 aromatic rings. The van der Waals surface area contributed by atoms with E-state index in [4.69, 9.17) is 5.11 Å². The predicted octanol–water partition coefficient (Wildman–Crippen LogP) is -0.0697. The highest BCUT2D eigenvalue weighted by Gasteiger charge is 1.98. The third-order valence-corrected chi connectivity index (χ3v) is 1.72. The molecule has 0 spiro atoms. The van der Waals surface area contributed by atoms with Crippen molar-refractivity contribution in [2.24, 2.45) is 7.05 Å². The van der Waals surface area contributed by atoms with Crippen LogP contribution in [-0.2, 0) is 11.8 Å². The largest absolute Gasteiger partial charge is 0.392 e. The van der Waals surface area contributed by atoms with Crippen molar-refractivity contribution in [2.45, 2.75) is 13.0 Å². The Morgan fingerprint density at radius 2 is 2.53 bits per heavy atom. The molecule has 0 saturated heterocycles. The smallest absolute Gasteiger partial charge is 0.244 e. The van der Waals surface area contributed by atoms with Gasteiger partial charge in [-0.05, 0) is 13.0 Å². The second-order valence-corrected chi connectivity index (χ2v) is 3.37. The number of amides is 1. The molecule has 0 aliphatic heterocycles. The van der Waals surface area contributed by atoms with E-state index in [1.54, 1.807) is 30.1 Å². The van der Waals surface area contributed by atoms with Gasteiger partial charge in [0.15, 0.2) is 0 Å². The molecular weight excluding hydrogens is 194 g/mol. The summed E-state index contributed by atoms with van der Waals surface area (Å²) < 4.78 is 1.66. The molecule has 1 amide bonds. The lowest BCUT2D eigenvalue weighted by atomic mass is 10.3. The van der Waals surface area contributed by atoms with Gasteiger partial charge in [0.25, 0.3) is 0 Å². The molecule has 15 heavy (non-hydrogen) atoms. The number of aliphatic hydroxyl groups is 1. The van der Waals surface area contributed by atoms with Gasteiger partial charge in [-0.2, -0.15) is 5.10 Å². The van der Waals surface area contributed by atoms with Gasteiger partial charge in [-0.3, -0.25) is 9.48 Å². The van der Waals surface area contributed by atoms with E-state index in [1.807, 2.05) is 7.05 Å². The molecule has 1 rings (SSSR count). The van der Waals surface area contributed by atoms with Gasteiger partial charge in [0.1, 0.15) is 0 Å². The van der Waals surface area contributed by atoms with Crippen LogP contribution in [0.2, 0.25) is 0 Å². The Morgan fingerprint density at radius 1 is 1.80 bits per heavy atom. The van der Waals surface area contributed by atoms with Crippen LogP contribution < -0.4 is 5.32 Å². The first kappa shape index (κ1) is 11.5. The fourth-order valence-electron chi connectivity index (χ4n) is 1.01. The van der Waals surface area contributed by atoms with Gasteiger partial charge < -0.3 is 10.4 Å². The Hall–Kier alpha value is -1.62. The molecular formula is C10H15N3O2. The number of hydrogen-bond acceptors (Lipinski definition) is 3. The fraction of sp³-hybridized carbons (Fsp3) is 0.400. The lowest BCUT2D eigenvalue weighted by Gasteiger charge is -2.03. The summed E-state index contributed by atoms with van der Waals surface area (Å²) in [7, 11) is 1.81. The highest BCUT2D eigenvalue weighted by Crippen LogP contribution is 1.98. The van der Waals surface area contributed by atoms with E-state index in [0.717, 1.165) is 5.56 Å². The van der Waals surface area contributed by atoms with Crippen molar-refractivity contribution >= 4 is 12.0 Å². The van der Waals surface area contributed by atoms with Crippen LogP contribution in [-0.4, -0.2) is 33.4 Å². The molecule has 1 atom stereocenters. The van der Waals surface area contributed by atoms with Gasteiger partial charge in [0, 0.05) is 31.4 Å². The summed E-state index contributed by atoms with van der Waals surface area (Å²) in [5.74, 6) is -0.222. The minimum atomic E-state index is -0.527. The van der Waals surface area contributed by atoms with E-state index in [9.17, 15) is 4.79 Å². The maximum atomic E-state index is 11.2. The molecule has 5 heteroatoms. The maximum absolute atomic E-state index is 11.2. The maximum Gasteiger partial charge on any atom is 0.244 e. The molecule has 5 nitrogen and oxygen atoms in total. The molecule has 0 aliphatic carbocycles. The van der Waals surface area contributed by atoms with E-state index in [0.29, 0.717) is 0 Å². The Balaban J connectivity index is 2.40. The van der Waals surface area contributed by atoms with Gasteiger partial charge in [-0.15, -0.1) is 0 Å². The molecule has 0 unspecified atom stereocenters. The van der Waals surface area contributed by atoms with Crippen molar-refractivity contribution in [2.75, 3.05) is 6.54 Å². The Bertz CT molecular complexity index is 355. The van der Waals surface area contributed by atoms with Crippen LogP contribution in [0, 0.1) is 0 Å². The number of hydrogen-bond donors (Lipinski definition) is 2. The quantitative estimate of drug-likeness (QED) is 0.682. The summed E-state index contributed by atoms with van der Waals surface area (Å²) in [4.78, 5) is 11.2. The summed E-state index contributed by atoms with van der Waals surface area (Å²) in [5, 5.41) is 15.5. The minimum absolute atomic E-state index is 0.222. The number of rotatable bonds is 4. The Kier molecular flexibility index (Phi) is 4.05. The fourth-order valence-corrected chi connectivity index (χ4v) is 1.01. The van der Waals surface area contributed by atoms with Crippen LogP contribution in [0.3, 0.4) is 0 Å². The average Bonchev–Trinajstić information content (AvgIpc) is 2.58. The minimum Gasteiger partial charge on any atom is -0.392 e. The first-order valence-corrected chi connectivity index (χ1v) is 4.70. The molecule has 2 N–H and O–H groups in total. The lowest BCUT2D eigenvalue weighted by molar-refractivity contribution is -0.116. The van der Waals surface area contributed by atoms with Gasteiger partial charge in [0.05, 0.1) is 12.3 Å². The van der Waals surface area contributed by atoms with Crippen LogP contribution in [0.15, 0.2) is 18.5 Å². The van der Waals surface area contributed by atoms with Gasteiger partial charge in [-0.1, -0.05) is 0 Å². The molecule has 1 heterocycles. The highest BCUT2D eigenvalue weighted by molar-refractivity contribution is 5.91. The van der Waals surface area contributed by atoms with Gasteiger partial charge >= 0.3 is 0 Å². The number of nitrogens with one attached hydrogen (secondary N) is 1. The Labute approximate surface area is 88.4 Å². The normalized spacial score (nSPS) is 13.0. The molecule has 0 saturated carbocycles. The second kappa shape index (κ2) is 5.31. The molecule has 1 aromatic heterocycles. The second-order valence-electron chi connectivity index (χ2n) is 3.37. The van der Waals surface area contributed by atoms with Crippen LogP contribution >= 0.6 is 0 Å². The van der Waals surface area contributed by atoms with E-state index >= 15 is 0 Å². The zero-order valence-electron chi connectivity index (χ0n) is 8.84. The van der Waals surface area contributed by atoms with E-state index in [2.05, 4.69) is 10.4 Å². The first-order valence-electron chi connectivity index (χ1n) is 4.70.